The lowest BCUT2D eigenvalue weighted by molar-refractivity contribution is -0.129. The second-order valence-corrected chi connectivity index (χ2v) is 7.08. The van der Waals surface area contributed by atoms with Crippen LogP contribution in [0.25, 0.3) is 16.7 Å². The van der Waals surface area contributed by atoms with E-state index in [1.165, 1.54) is 0 Å². The molecule has 1 fully saturated rings. The van der Waals surface area contributed by atoms with Gasteiger partial charge in [-0.25, -0.2) is 0 Å². The Morgan fingerprint density at radius 2 is 1.93 bits per heavy atom. The number of rotatable bonds is 3. The van der Waals surface area contributed by atoms with Gasteiger partial charge in [-0.05, 0) is 25.1 Å². The van der Waals surface area contributed by atoms with Crippen molar-refractivity contribution in [2.24, 2.45) is 10.7 Å². The van der Waals surface area contributed by atoms with Crippen molar-refractivity contribution >= 4 is 40.1 Å². The fourth-order valence-electron chi connectivity index (χ4n) is 3.88. The number of hydrogen-bond acceptors (Lipinski definition) is 5. The van der Waals surface area contributed by atoms with Crippen LogP contribution in [-0.4, -0.2) is 59.8 Å². The Morgan fingerprint density at radius 3 is 2.57 bits per heavy atom. The van der Waals surface area contributed by atoms with Gasteiger partial charge >= 0.3 is 0 Å². The molecule has 2 aliphatic heterocycles. The number of carbonyl (C=O) groups excluding carboxylic acids is 2. The van der Waals surface area contributed by atoms with Crippen LogP contribution >= 0.6 is 0 Å². The van der Waals surface area contributed by atoms with Gasteiger partial charge < -0.3 is 25.4 Å². The summed E-state index contributed by atoms with van der Waals surface area (Å²) < 4.78 is 1.96. The first-order chi connectivity index (χ1) is 13.5. The largest absolute Gasteiger partial charge is 0.367 e. The predicted octanol–water partition coefficient (Wildman–Crippen LogP) is 1.23. The van der Waals surface area contributed by atoms with Crippen molar-refractivity contribution in [1.29, 1.82) is 0 Å². The molecule has 0 bridgehead atoms. The SMILES string of the molecule is CC(=O)N1CCN(c2cccc3c2c(C(N)=O)cn3C2=CCN=C(C)N2)CC1. The van der Waals surface area contributed by atoms with E-state index in [0.717, 1.165) is 41.3 Å². The van der Waals surface area contributed by atoms with Crippen LogP contribution in [0, 0.1) is 0 Å². The maximum absolute atomic E-state index is 12.2. The van der Waals surface area contributed by atoms with E-state index in [0.29, 0.717) is 25.2 Å². The highest BCUT2D eigenvalue weighted by Crippen LogP contribution is 2.33. The van der Waals surface area contributed by atoms with Crippen LogP contribution in [0.15, 0.2) is 35.5 Å². The Balaban J connectivity index is 1.78. The number of hydrogen-bond donors (Lipinski definition) is 2. The van der Waals surface area contributed by atoms with Gasteiger partial charge in [0.1, 0.15) is 5.82 Å². The van der Waals surface area contributed by atoms with Crippen molar-refractivity contribution in [3.63, 3.8) is 0 Å². The average molecular weight is 380 g/mol. The number of fused-ring (bicyclic) bond motifs is 1. The van der Waals surface area contributed by atoms with Crippen LogP contribution in [0.5, 0.6) is 0 Å². The molecule has 0 radical (unpaired) electrons. The van der Waals surface area contributed by atoms with E-state index in [-0.39, 0.29) is 5.91 Å². The second-order valence-electron chi connectivity index (χ2n) is 7.08. The number of nitrogens with one attached hydrogen (secondary N) is 1. The number of nitrogens with zero attached hydrogens (tertiary/aromatic N) is 4. The van der Waals surface area contributed by atoms with Crippen LogP contribution in [0.1, 0.15) is 24.2 Å². The Kier molecular flexibility index (Phi) is 4.54. The number of benzene rings is 1. The number of aliphatic imine (C=N–C) groups is 1. The molecule has 0 atom stereocenters. The lowest BCUT2D eigenvalue weighted by Gasteiger charge is -2.36. The minimum Gasteiger partial charge on any atom is -0.367 e. The van der Waals surface area contributed by atoms with E-state index in [4.69, 9.17) is 5.73 Å². The van der Waals surface area contributed by atoms with E-state index in [1.807, 2.05) is 40.7 Å². The zero-order valence-corrected chi connectivity index (χ0v) is 16.1. The molecular weight excluding hydrogens is 356 g/mol. The number of carbonyl (C=O) groups is 2. The standard InChI is InChI=1S/C20H24N6O2/c1-13-22-7-6-18(23-13)26-12-15(20(21)28)19-16(4-3-5-17(19)26)25-10-8-24(9-11-25)14(2)27/h3-6,12H,7-11H2,1-2H3,(H2,21,28)(H,22,23). The molecule has 0 spiro atoms. The van der Waals surface area contributed by atoms with Crippen molar-refractivity contribution in [3.8, 4) is 0 Å². The molecule has 0 saturated carbocycles. The summed E-state index contributed by atoms with van der Waals surface area (Å²) in [5, 5.41) is 4.10. The Bertz CT molecular complexity index is 1010. The zero-order chi connectivity index (χ0) is 19.8. The monoisotopic (exact) mass is 380 g/mol. The van der Waals surface area contributed by atoms with Gasteiger partial charge in [0, 0.05) is 50.4 Å². The summed E-state index contributed by atoms with van der Waals surface area (Å²) in [7, 11) is 0. The molecule has 2 aliphatic rings. The highest BCUT2D eigenvalue weighted by Gasteiger charge is 2.24. The first kappa shape index (κ1) is 18.1. The fourth-order valence-corrected chi connectivity index (χ4v) is 3.88. The Hall–Kier alpha value is -3.29. The normalized spacial score (nSPS) is 17.2. The summed E-state index contributed by atoms with van der Waals surface area (Å²) in [6, 6.07) is 5.99. The predicted molar refractivity (Wildman–Crippen MR) is 110 cm³/mol. The van der Waals surface area contributed by atoms with Crippen molar-refractivity contribution < 1.29 is 9.59 Å². The quantitative estimate of drug-likeness (QED) is 0.837. The number of anilines is 1. The van der Waals surface area contributed by atoms with Gasteiger partial charge in [0.2, 0.25) is 5.91 Å². The number of nitrogens with two attached hydrogens (primary N) is 1. The van der Waals surface area contributed by atoms with Crippen LogP contribution in [0.2, 0.25) is 0 Å². The van der Waals surface area contributed by atoms with E-state index in [9.17, 15) is 9.59 Å². The third-order valence-electron chi connectivity index (χ3n) is 5.32. The minimum absolute atomic E-state index is 0.0918. The molecule has 8 nitrogen and oxygen atoms in total. The number of amides is 2. The number of primary amides is 1. The number of piperazine rings is 1. The highest BCUT2D eigenvalue weighted by atomic mass is 16.2. The molecule has 1 saturated heterocycles. The lowest BCUT2D eigenvalue weighted by atomic mass is 10.1. The summed E-state index contributed by atoms with van der Waals surface area (Å²) in [4.78, 5) is 32.2. The Labute approximate surface area is 163 Å². The summed E-state index contributed by atoms with van der Waals surface area (Å²) in [5.74, 6) is 1.33. The van der Waals surface area contributed by atoms with Crippen LogP contribution in [-0.2, 0) is 4.79 Å². The third-order valence-corrected chi connectivity index (χ3v) is 5.32. The molecule has 1 aromatic carbocycles. The van der Waals surface area contributed by atoms with E-state index < -0.39 is 5.91 Å². The van der Waals surface area contributed by atoms with Crippen LogP contribution in [0.3, 0.4) is 0 Å². The maximum Gasteiger partial charge on any atom is 0.250 e. The molecule has 0 unspecified atom stereocenters. The summed E-state index contributed by atoms with van der Waals surface area (Å²) >= 11 is 0. The first-order valence-corrected chi connectivity index (χ1v) is 9.38. The van der Waals surface area contributed by atoms with Gasteiger partial charge in [0.05, 0.1) is 23.5 Å². The van der Waals surface area contributed by atoms with Gasteiger partial charge in [0.15, 0.2) is 0 Å². The van der Waals surface area contributed by atoms with Gasteiger partial charge in [0.25, 0.3) is 5.91 Å². The maximum atomic E-state index is 12.2. The second kappa shape index (κ2) is 7.03. The topological polar surface area (TPSA) is 96.0 Å². The molecule has 4 rings (SSSR count). The van der Waals surface area contributed by atoms with Crippen molar-refractivity contribution in [2.45, 2.75) is 13.8 Å². The lowest BCUT2D eigenvalue weighted by Crippen LogP contribution is -2.48. The molecule has 3 N–H and O–H groups in total. The van der Waals surface area contributed by atoms with E-state index >= 15 is 0 Å². The smallest absolute Gasteiger partial charge is 0.250 e. The summed E-state index contributed by atoms with van der Waals surface area (Å²) in [5.41, 5.74) is 8.09. The molecule has 1 aromatic heterocycles. The summed E-state index contributed by atoms with van der Waals surface area (Å²) in [6.45, 7) is 6.86. The highest BCUT2D eigenvalue weighted by molar-refractivity contribution is 6.12. The van der Waals surface area contributed by atoms with Crippen molar-refractivity contribution in [2.75, 3.05) is 37.6 Å². The molecule has 146 valence electrons. The zero-order valence-electron chi connectivity index (χ0n) is 16.1. The Morgan fingerprint density at radius 1 is 1.18 bits per heavy atom. The third kappa shape index (κ3) is 3.11. The molecular formula is C20H24N6O2. The van der Waals surface area contributed by atoms with Gasteiger partial charge in [-0.15, -0.1) is 0 Å². The van der Waals surface area contributed by atoms with Crippen LogP contribution < -0.4 is 16.0 Å². The first-order valence-electron chi connectivity index (χ1n) is 9.38. The minimum atomic E-state index is -0.458. The molecule has 0 aliphatic carbocycles. The molecule has 3 heterocycles. The van der Waals surface area contributed by atoms with Crippen LogP contribution in [0.4, 0.5) is 5.69 Å². The molecule has 8 heteroatoms. The fraction of sp³-hybridized carbons (Fsp3) is 0.350. The van der Waals surface area contributed by atoms with Crippen molar-refractivity contribution in [3.05, 3.63) is 36.0 Å². The van der Waals surface area contributed by atoms with Gasteiger partial charge in [-0.2, -0.15) is 0 Å². The van der Waals surface area contributed by atoms with E-state index in [2.05, 4.69) is 15.2 Å². The summed E-state index contributed by atoms with van der Waals surface area (Å²) in [6.07, 6.45) is 3.77. The number of aromatic nitrogens is 1. The van der Waals surface area contributed by atoms with E-state index in [1.54, 1.807) is 13.1 Å². The van der Waals surface area contributed by atoms with Crippen molar-refractivity contribution in [1.82, 2.24) is 14.8 Å². The number of amidine groups is 1. The molecule has 2 aromatic rings. The molecule has 28 heavy (non-hydrogen) atoms. The van der Waals surface area contributed by atoms with Gasteiger partial charge in [-0.1, -0.05) is 6.07 Å². The molecule has 2 amide bonds. The van der Waals surface area contributed by atoms with Gasteiger partial charge in [-0.3, -0.25) is 14.6 Å². The average Bonchev–Trinajstić information content (AvgIpc) is 3.08.